The summed E-state index contributed by atoms with van der Waals surface area (Å²) in [5, 5.41) is 110. The van der Waals surface area contributed by atoms with Crippen LogP contribution in [0.25, 0.3) is 0 Å². The van der Waals surface area contributed by atoms with E-state index in [9.17, 15) is 57.5 Å². The zero-order valence-corrected chi connectivity index (χ0v) is 51.9. The van der Waals surface area contributed by atoms with E-state index in [1.165, 1.54) is 13.3 Å². The molecule has 1 amide bonds. The van der Waals surface area contributed by atoms with E-state index in [-0.39, 0.29) is 50.0 Å². The molecule has 1 aromatic heterocycles. The van der Waals surface area contributed by atoms with Gasteiger partial charge in [-0.1, -0.05) is 54.4 Å². The van der Waals surface area contributed by atoms with Crippen molar-refractivity contribution in [2.75, 3.05) is 19.7 Å². The third-order valence-electron chi connectivity index (χ3n) is 10.9. The van der Waals surface area contributed by atoms with Gasteiger partial charge in [-0.15, -0.1) is 0 Å². The van der Waals surface area contributed by atoms with Crippen molar-refractivity contribution in [3.05, 3.63) is 18.2 Å². The van der Waals surface area contributed by atoms with Gasteiger partial charge in [0.25, 0.3) is 0 Å². The number of carbonyl (C=O) groups excluding carboxylic acids is 1. The SMILES string of the molecule is CC(C)C[C@H](N)C(=O)O.CC(C)[C@H](N)C(=O)O.CC[C@H](C)[C@H](N)C(=O)O.C[C@@H](O)[C@H](N)C(=O)O.NC(=O)CC[C@H](N)C(=O)O.NCCCC[C@H](N)C(=O)O.N[C@@H](CCC(=O)O)C(=O)O.N[C@@H](CO)C(=O)O.N[C@@H](Cc1c[nH]cn1)C(=O)O.O=C(O)[C@@H]1CCCN1. The van der Waals surface area contributed by atoms with Crippen LogP contribution in [0.15, 0.2) is 12.5 Å². The maximum atomic E-state index is 10.3. The number of hydrogen-bond acceptors (Lipinski definition) is 26. The summed E-state index contributed by atoms with van der Waals surface area (Å²) in [6.07, 6.45) is 7.61. The molecule has 528 valence electrons. The monoisotopic (exact) mass is 1310 g/mol. The largest absolute Gasteiger partial charge is 0.481 e. The number of carbonyl (C=O) groups is 12. The van der Waals surface area contributed by atoms with Gasteiger partial charge in [-0.2, -0.15) is 0 Å². The highest BCUT2D eigenvalue weighted by atomic mass is 16.4. The Bertz CT molecular complexity index is 2070. The molecular formula is C51H104N14O25. The summed E-state index contributed by atoms with van der Waals surface area (Å²) in [7, 11) is 0. The number of aliphatic carboxylic acids is 11. The standard InChI is InChI=1S/C6H9N3O2.C6H14N2O2.2C6H13NO2.C5H10N2O3.C5H9NO4.C5H9NO2.C5H11NO2.C4H9NO3.C3H7NO3/c7-5(6(10)11)1-4-2-8-3-9-4;7-4-2-1-3-5(8)6(9)10;1-4(2)3-5(7)6(8)9;1-3-4(2)5(7)6(8)9;2*6-3(5(9)10)1-2-4(7)8;7-5(8)4-2-1-3-6-4;1-3(2)4(6)5(7)8;1-2(6)3(5)4(7)8;4-2(1-5)3(6)7/h2-3,5H,1,7H2,(H,8,9)(H,10,11);5H,1-4,7-8H2,(H,9,10);2*4-5H,3,7H2,1-2H3,(H,8,9);3H,1-2,6H2,(H2,7,8)(H,9,10);3H,1-2,6H2,(H,7,8)(H,9,10);4,6H,1-3H2,(H,7,8);3-4H,6H2,1-2H3,(H,7,8);2-3,6H,5H2,1H3,(H,7,8);2,5H,1,4H2,(H,6,7)/t3*5-;4-,5-;2*3-;2*4-;2-,3+;2-/m0000000010/s1. The van der Waals surface area contributed by atoms with Gasteiger partial charge in [0.2, 0.25) is 5.91 Å². The fourth-order valence-electron chi connectivity index (χ4n) is 4.74. The first-order valence-electron chi connectivity index (χ1n) is 27.5. The van der Waals surface area contributed by atoms with E-state index in [1.54, 1.807) is 20.0 Å². The zero-order chi connectivity index (χ0) is 72.7. The Morgan fingerprint density at radius 3 is 1.17 bits per heavy atom. The Balaban J connectivity index is -0.000000139. The van der Waals surface area contributed by atoms with E-state index in [0.717, 1.165) is 38.6 Å². The quantitative estimate of drug-likeness (QED) is 0.0333. The first-order chi connectivity index (χ1) is 41.2. The molecule has 90 heavy (non-hydrogen) atoms. The third kappa shape index (κ3) is 69.4. The van der Waals surface area contributed by atoms with Crippen molar-refractivity contribution in [2.45, 2.75) is 192 Å². The Labute approximate surface area is 520 Å². The van der Waals surface area contributed by atoms with E-state index in [2.05, 4.69) is 15.3 Å². The maximum Gasteiger partial charge on any atom is 0.323 e. The van der Waals surface area contributed by atoms with Crippen LogP contribution in [-0.2, 0) is 64.0 Å². The van der Waals surface area contributed by atoms with E-state index in [4.69, 9.17) is 129 Å². The van der Waals surface area contributed by atoms with Gasteiger partial charge < -0.3 is 140 Å². The number of carboxylic acid groups (broad SMARTS) is 11. The van der Waals surface area contributed by atoms with E-state index >= 15 is 0 Å². The molecule has 39 nitrogen and oxygen atoms in total. The minimum atomic E-state index is -1.18. The molecule has 0 saturated carbocycles. The van der Waals surface area contributed by atoms with Crippen molar-refractivity contribution in [2.24, 2.45) is 80.8 Å². The number of nitrogens with one attached hydrogen (secondary N) is 2. The Hall–Kier alpha value is -7.67. The summed E-state index contributed by atoms with van der Waals surface area (Å²) in [5.41, 5.74) is 56.5. The highest BCUT2D eigenvalue weighted by Gasteiger charge is 2.21. The molecule has 2 heterocycles. The second-order valence-electron chi connectivity index (χ2n) is 19.9. The molecule has 39 heteroatoms. The average Bonchev–Trinajstić information content (AvgIpc) is 4.20. The lowest BCUT2D eigenvalue weighted by Crippen LogP contribution is -2.39. The number of nitrogens with two attached hydrogens (primary N) is 11. The van der Waals surface area contributed by atoms with E-state index in [0.29, 0.717) is 31.0 Å². The molecule has 1 aliphatic rings. The van der Waals surface area contributed by atoms with Crippen molar-refractivity contribution in [3.8, 4) is 0 Å². The third-order valence-corrected chi connectivity index (χ3v) is 10.9. The molecule has 1 aliphatic heterocycles. The van der Waals surface area contributed by atoms with Gasteiger partial charge in [-0.25, -0.2) is 4.98 Å². The fraction of sp³-hybridized carbons (Fsp3) is 0.706. The molecule has 2 rings (SSSR count). The van der Waals surface area contributed by atoms with Gasteiger partial charge in [0.1, 0.15) is 60.4 Å². The summed E-state index contributed by atoms with van der Waals surface area (Å²) in [6, 6.07) is -8.27. The predicted molar refractivity (Wildman–Crippen MR) is 322 cm³/mol. The van der Waals surface area contributed by atoms with E-state index < -0.39 is 139 Å². The fourth-order valence-corrected chi connectivity index (χ4v) is 4.74. The summed E-state index contributed by atoms with van der Waals surface area (Å²) in [5.74, 6) is -11.2. The van der Waals surface area contributed by atoms with E-state index in [1.807, 2.05) is 27.7 Å². The Kier molecular flexibility index (Phi) is 66.0. The topological polar surface area (TPSA) is 795 Å². The Morgan fingerprint density at radius 1 is 0.556 bits per heavy atom. The number of amides is 1. The number of unbranched alkanes of at least 4 members (excludes halogenated alkanes) is 1. The number of imidazole rings is 1. The van der Waals surface area contributed by atoms with Crippen LogP contribution in [0.5, 0.6) is 0 Å². The van der Waals surface area contributed by atoms with Crippen LogP contribution in [0, 0.1) is 17.8 Å². The van der Waals surface area contributed by atoms with Crippen LogP contribution in [0.2, 0.25) is 0 Å². The molecule has 0 bridgehead atoms. The number of primary amides is 1. The number of hydrogen-bond donors (Lipinski definition) is 26. The van der Waals surface area contributed by atoms with Crippen LogP contribution in [-0.4, -0.2) is 234 Å². The number of aliphatic hydroxyl groups is 2. The van der Waals surface area contributed by atoms with Crippen LogP contribution >= 0.6 is 0 Å². The van der Waals surface area contributed by atoms with Gasteiger partial charge >= 0.3 is 65.7 Å². The lowest BCUT2D eigenvalue weighted by molar-refractivity contribution is -0.141. The number of carboxylic acids is 11. The highest BCUT2D eigenvalue weighted by Crippen LogP contribution is 2.05. The summed E-state index contributed by atoms with van der Waals surface area (Å²) < 4.78 is 0. The number of aromatic amines is 1. The van der Waals surface area contributed by atoms with Crippen molar-refractivity contribution in [3.63, 3.8) is 0 Å². The van der Waals surface area contributed by atoms with Crippen LogP contribution < -0.4 is 68.4 Å². The second-order valence-corrected chi connectivity index (χ2v) is 19.9. The maximum absolute atomic E-state index is 10.3. The average molecular weight is 1310 g/mol. The van der Waals surface area contributed by atoms with Gasteiger partial charge in [-0.05, 0) is 82.7 Å². The summed E-state index contributed by atoms with van der Waals surface area (Å²) in [4.78, 5) is 127. The van der Waals surface area contributed by atoms with Crippen molar-refractivity contribution in [1.82, 2.24) is 15.3 Å². The zero-order valence-electron chi connectivity index (χ0n) is 51.9. The number of nitrogens with zero attached hydrogens (tertiary/aromatic N) is 1. The highest BCUT2D eigenvalue weighted by molar-refractivity contribution is 5.78. The lowest BCUT2D eigenvalue weighted by atomic mass is 10.0. The second kappa shape index (κ2) is 60.3. The number of rotatable bonds is 29. The smallest absolute Gasteiger partial charge is 0.323 e. The molecular weight excluding hydrogens is 1210 g/mol. The van der Waals surface area contributed by atoms with Crippen molar-refractivity contribution < 1.29 is 124 Å². The molecule has 1 fully saturated rings. The van der Waals surface area contributed by atoms with Gasteiger partial charge in [0, 0.05) is 25.5 Å². The molecule has 37 N–H and O–H groups in total. The minimum Gasteiger partial charge on any atom is -0.481 e. The lowest BCUT2D eigenvalue weighted by Gasteiger charge is -2.11. The van der Waals surface area contributed by atoms with Gasteiger partial charge in [0.05, 0.1) is 24.7 Å². The predicted octanol–water partition coefficient (Wildman–Crippen LogP) is -5.25. The van der Waals surface area contributed by atoms with Gasteiger partial charge in [-0.3, -0.25) is 57.5 Å². The van der Waals surface area contributed by atoms with Crippen molar-refractivity contribution in [1.29, 1.82) is 0 Å². The van der Waals surface area contributed by atoms with Gasteiger partial charge in [0.15, 0.2) is 0 Å². The molecule has 12 atom stereocenters. The molecule has 1 saturated heterocycles. The van der Waals surface area contributed by atoms with Crippen LogP contribution in [0.4, 0.5) is 0 Å². The molecule has 0 aromatic carbocycles. The first-order valence-corrected chi connectivity index (χ1v) is 27.5. The number of aromatic nitrogens is 2. The number of aliphatic hydroxyl groups excluding tert-OH is 2. The van der Waals surface area contributed by atoms with Crippen LogP contribution in [0.3, 0.4) is 0 Å². The molecule has 0 spiro atoms. The molecule has 0 unspecified atom stereocenters. The summed E-state index contributed by atoms with van der Waals surface area (Å²) >= 11 is 0. The molecule has 0 radical (unpaired) electrons. The molecule has 1 aromatic rings. The first kappa shape index (κ1) is 98.6. The molecule has 0 aliphatic carbocycles. The number of H-pyrrole nitrogens is 1. The summed E-state index contributed by atoms with van der Waals surface area (Å²) in [6.45, 7) is 13.5. The minimum absolute atomic E-state index is 0.0208. The normalized spacial score (nSPS) is 15.2. The Morgan fingerprint density at radius 2 is 0.967 bits per heavy atom. The van der Waals surface area contributed by atoms with Crippen molar-refractivity contribution >= 4 is 71.6 Å². The van der Waals surface area contributed by atoms with Crippen LogP contribution in [0.1, 0.15) is 125 Å².